The van der Waals surface area contributed by atoms with Gasteiger partial charge in [-0.2, -0.15) is 0 Å². The van der Waals surface area contributed by atoms with Crippen LogP contribution in [-0.4, -0.2) is 44.2 Å². The highest BCUT2D eigenvalue weighted by atomic mass is 16.6. The van der Waals surface area contributed by atoms with Crippen LogP contribution in [0, 0.1) is 0 Å². The Kier molecular flexibility index (Phi) is 6.60. The Labute approximate surface area is 192 Å². The molecule has 1 aliphatic heterocycles. The van der Waals surface area contributed by atoms with Crippen molar-refractivity contribution in [3.63, 3.8) is 0 Å². The SMILES string of the molecule is COC(=O)[C@@H]1OC(c2ccc(OC)cc2OC)N(C(=O)c2ccccc2)[C@H]1c1ccccc1. The second-order valence-electron chi connectivity index (χ2n) is 7.47. The van der Waals surface area contributed by atoms with Crippen LogP contribution in [-0.2, 0) is 14.3 Å². The van der Waals surface area contributed by atoms with E-state index in [0.717, 1.165) is 5.56 Å². The Bertz CT molecular complexity index is 1120. The molecule has 0 radical (unpaired) electrons. The average Bonchev–Trinajstić information content (AvgIpc) is 3.28. The molecular formula is C26H25NO6. The van der Waals surface area contributed by atoms with Crippen molar-refractivity contribution in [1.82, 2.24) is 4.90 Å². The molecule has 3 aromatic rings. The molecule has 1 saturated heterocycles. The number of carbonyl (C=O) groups excluding carboxylic acids is 2. The number of benzene rings is 3. The largest absolute Gasteiger partial charge is 0.497 e. The zero-order valence-electron chi connectivity index (χ0n) is 18.6. The Morgan fingerprint density at radius 2 is 1.52 bits per heavy atom. The zero-order valence-corrected chi connectivity index (χ0v) is 18.6. The first-order valence-corrected chi connectivity index (χ1v) is 10.5. The molecule has 0 N–H and O–H groups in total. The van der Waals surface area contributed by atoms with Gasteiger partial charge in [0, 0.05) is 17.2 Å². The third-order valence-electron chi connectivity index (χ3n) is 5.65. The number of nitrogens with zero attached hydrogens (tertiary/aromatic N) is 1. The third-order valence-corrected chi connectivity index (χ3v) is 5.65. The monoisotopic (exact) mass is 447 g/mol. The van der Waals surface area contributed by atoms with E-state index < -0.39 is 24.3 Å². The Hall–Kier alpha value is -3.84. The first-order valence-electron chi connectivity index (χ1n) is 10.5. The summed E-state index contributed by atoms with van der Waals surface area (Å²) in [7, 11) is 4.39. The lowest BCUT2D eigenvalue weighted by Crippen LogP contribution is -2.37. The minimum atomic E-state index is -1.03. The molecule has 7 heteroatoms. The van der Waals surface area contributed by atoms with E-state index in [1.807, 2.05) is 36.4 Å². The van der Waals surface area contributed by atoms with Crippen LogP contribution in [0.2, 0.25) is 0 Å². The first kappa shape index (κ1) is 22.4. The summed E-state index contributed by atoms with van der Waals surface area (Å²) in [6.45, 7) is 0. The van der Waals surface area contributed by atoms with Crippen LogP contribution in [0.5, 0.6) is 11.5 Å². The Balaban J connectivity index is 1.89. The van der Waals surface area contributed by atoms with Crippen molar-refractivity contribution in [3.05, 3.63) is 95.6 Å². The van der Waals surface area contributed by atoms with Crippen LogP contribution in [0.25, 0.3) is 0 Å². The molecule has 7 nitrogen and oxygen atoms in total. The van der Waals surface area contributed by atoms with Gasteiger partial charge in [-0.15, -0.1) is 0 Å². The topological polar surface area (TPSA) is 74.3 Å². The predicted octanol–water partition coefficient (Wildman–Crippen LogP) is 4.16. The summed E-state index contributed by atoms with van der Waals surface area (Å²) in [6, 6.07) is 22.8. The lowest BCUT2D eigenvalue weighted by molar-refractivity contribution is -0.154. The van der Waals surface area contributed by atoms with E-state index in [0.29, 0.717) is 22.6 Å². The predicted molar refractivity (Wildman–Crippen MR) is 121 cm³/mol. The maximum absolute atomic E-state index is 13.8. The van der Waals surface area contributed by atoms with Crippen LogP contribution >= 0.6 is 0 Å². The van der Waals surface area contributed by atoms with Gasteiger partial charge < -0.3 is 18.9 Å². The van der Waals surface area contributed by atoms with Crippen LogP contribution in [0.4, 0.5) is 0 Å². The maximum Gasteiger partial charge on any atom is 0.337 e. The molecule has 1 unspecified atom stereocenters. The van der Waals surface area contributed by atoms with Crippen molar-refractivity contribution < 1.29 is 28.5 Å². The number of methoxy groups -OCH3 is 3. The first-order chi connectivity index (χ1) is 16.1. The second-order valence-corrected chi connectivity index (χ2v) is 7.47. The van der Waals surface area contributed by atoms with Gasteiger partial charge in [-0.1, -0.05) is 48.5 Å². The lowest BCUT2D eigenvalue weighted by atomic mass is 9.99. The van der Waals surface area contributed by atoms with Crippen LogP contribution in [0.1, 0.15) is 33.8 Å². The van der Waals surface area contributed by atoms with Crippen molar-refractivity contribution in [2.75, 3.05) is 21.3 Å². The molecule has 1 aliphatic rings. The molecule has 1 fully saturated rings. The average molecular weight is 447 g/mol. The highest BCUT2D eigenvalue weighted by Crippen LogP contribution is 2.47. The molecule has 0 saturated carbocycles. The van der Waals surface area contributed by atoms with E-state index in [2.05, 4.69) is 0 Å². The van der Waals surface area contributed by atoms with Gasteiger partial charge in [0.25, 0.3) is 5.91 Å². The number of hydrogen-bond donors (Lipinski definition) is 0. The molecule has 0 aromatic heterocycles. The second kappa shape index (κ2) is 9.75. The summed E-state index contributed by atoms with van der Waals surface area (Å²) in [6.07, 6.45) is -1.92. The molecular weight excluding hydrogens is 422 g/mol. The quantitative estimate of drug-likeness (QED) is 0.529. The molecule has 33 heavy (non-hydrogen) atoms. The van der Waals surface area contributed by atoms with E-state index >= 15 is 0 Å². The standard InChI is InChI=1S/C26H25NO6/c1-30-19-14-15-20(21(16-19)31-2)25-27(24(28)18-12-8-5-9-13-18)22(17-10-6-4-7-11-17)23(33-25)26(29)32-3/h4-16,22-23,25H,1-3H3/t22-,23+,25?/m0/s1. The molecule has 4 rings (SSSR count). The van der Waals surface area contributed by atoms with Gasteiger partial charge in [0.1, 0.15) is 11.5 Å². The van der Waals surface area contributed by atoms with Crippen molar-refractivity contribution in [2.24, 2.45) is 0 Å². The summed E-state index contributed by atoms with van der Waals surface area (Å²) in [5.74, 6) is 0.226. The molecule has 0 bridgehead atoms. The number of ether oxygens (including phenoxy) is 4. The summed E-state index contributed by atoms with van der Waals surface area (Å²) >= 11 is 0. The van der Waals surface area contributed by atoms with Crippen molar-refractivity contribution in [2.45, 2.75) is 18.4 Å². The summed E-state index contributed by atoms with van der Waals surface area (Å²) in [4.78, 5) is 28.2. The molecule has 1 heterocycles. The van der Waals surface area contributed by atoms with Crippen molar-refractivity contribution in [3.8, 4) is 11.5 Å². The summed E-state index contributed by atoms with van der Waals surface area (Å²) in [5, 5.41) is 0. The van der Waals surface area contributed by atoms with Gasteiger partial charge in [-0.05, 0) is 29.8 Å². The maximum atomic E-state index is 13.8. The lowest BCUT2D eigenvalue weighted by Gasteiger charge is -2.30. The fourth-order valence-corrected chi connectivity index (χ4v) is 4.07. The van der Waals surface area contributed by atoms with E-state index in [9.17, 15) is 9.59 Å². The highest BCUT2D eigenvalue weighted by Gasteiger charge is 2.51. The Morgan fingerprint density at radius 1 is 0.848 bits per heavy atom. The number of rotatable bonds is 6. The van der Waals surface area contributed by atoms with Gasteiger partial charge in [-0.25, -0.2) is 4.79 Å². The smallest absolute Gasteiger partial charge is 0.337 e. The fraction of sp³-hybridized carbons (Fsp3) is 0.231. The number of amides is 1. The van der Waals surface area contributed by atoms with Crippen LogP contribution in [0.15, 0.2) is 78.9 Å². The summed E-state index contributed by atoms with van der Waals surface area (Å²) < 4.78 is 22.2. The van der Waals surface area contributed by atoms with E-state index in [4.69, 9.17) is 18.9 Å². The molecule has 170 valence electrons. The Morgan fingerprint density at radius 3 is 2.12 bits per heavy atom. The molecule has 0 spiro atoms. The van der Waals surface area contributed by atoms with E-state index in [-0.39, 0.29) is 5.91 Å². The number of hydrogen-bond acceptors (Lipinski definition) is 6. The molecule has 3 atom stereocenters. The van der Waals surface area contributed by atoms with Crippen molar-refractivity contribution >= 4 is 11.9 Å². The third kappa shape index (κ3) is 4.27. The van der Waals surface area contributed by atoms with Gasteiger partial charge in [0.2, 0.25) is 0 Å². The minimum absolute atomic E-state index is 0.279. The summed E-state index contributed by atoms with van der Waals surface area (Å²) in [5.41, 5.74) is 1.83. The number of carbonyl (C=O) groups is 2. The number of esters is 1. The van der Waals surface area contributed by atoms with E-state index in [1.165, 1.54) is 14.2 Å². The van der Waals surface area contributed by atoms with Gasteiger partial charge in [-0.3, -0.25) is 9.69 Å². The fourth-order valence-electron chi connectivity index (χ4n) is 4.07. The van der Waals surface area contributed by atoms with E-state index in [1.54, 1.807) is 54.5 Å². The van der Waals surface area contributed by atoms with Gasteiger partial charge >= 0.3 is 5.97 Å². The van der Waals surface area contributed by atoms with Crippen LogP contribution < -0.4 is 9.47 Å². The molecule has 0 aliphatic carbocycles. The highest BCUT2D eigenvalue weighted by molar-refractivity contribution is 5.95. The normalized spacial score (nSPS) is 19.7. The zero-order chi connectivity index (χ0) is 23.4. The van der Waals surface area contributed by atoms with Gasteiger partial charge in [0.15, 0.2) is 12.3 Å². The van der Waals surface area contributed by atoms with Gasteiger partial charge in [0.05, 0.1) is 27.4 Å². The minimum Gasteiger partial charge on any atom is -0.497 e. The molecule has 1 amide bonds. The van der Waals surface area contributed by atoms with Crippen LogP contribution in [0.3, 0.4) is 0 Å². The molecule has 3 aromatic carbocycles. The van der Waals surface area contributed by atoms with Crippen molar-refractivity contribution in [1.29, 1.82) is 0 Å².